The predicted molar refractivity (Wildman–Crippen MR) is 136 cm³/mol. The Balaban J connectivity index is 1.20. The molecule has 2 aromatic rings. The molecule has 9 heteroatoms. The highest BCUT2D eigenvalue weighted by Gasteiger charge is 2.23. The number of hydrogen-bond acceptors (Lipinski definition) is 7. The summed E-state index contributed by atoms with van der Waals surface area (Å²) < 4.78 is 22.3. The van der Waals surface area contributed by atoms with Crippen LogP contribution in [-0.4, -0.2) is 75.7 Å². The zero-order valence-electron chi connectivity index (χ0n) is 21.3. The van der Waals surface area contributed by atoms with E-state index >= 15 is 0 Å². The van der Waals surface area contributed by atoms with Crippen LogP contribution >= 0.6 is 0 Å². The molecule has 0 aliphatic carbocycles. The second-order valence-corrected chi connectivity index (χ2v) is 8.97. The number of piperazine rings is 1. The molecule has 2 aliphatic rings. The summed E-state index contributed by atoms with van der Waals surface area (Å²) in [5, 5.41) is 2.87. The van der Waals surface area contributed by atoms with Gasteiger partial charge in [-0.05, 0) is 42.7 Å². The number of methoxy groups -OCH3 is 3. The van der Waals surface area contributed by atoms with Gasteiger partial charge < -0.3 is 29.2 Å². The first-order chi connectivity index (χ1) is 17.5. The molecule has 1 fully saturated rings. The van der Waals surface area contributed by atoms with Gasteiger partial charge in [0.15, 0.2) is 11.5 Å². The fraction of sp³-hybridized carbons (Fsp3) is 0.481. The van der Waals surface area contributed by atoms with Gasteiger partial charge >= 0.3 is 0 Å². The fourth-order valence-electron chi connectivity index (χ4n) is 4.71. The summed E-state index contributed by atoms with van der Waals surface area (Å²) in [6, 6.07) is 9.60. The maximum Gasteiger partial charge on any atom is 0.224 e. The van der Waals surface area contributed by atoms with Crippen molar-refractivity contribution in [3.8, 4) is 23.0 Å². The van der Waals surface area contributed by atoms with E-state index in [0.29, 0.717) is 62.8 Å². The van der Waals surface area contributed by atoms with Gasteiger partial charge in [-0.1, -0.05) is 6.07 Å². The summed E-state index contributed by atoms with van der Waals surface area (Å²) >= 11 is 0. The second-order valence-electron chi connectivity index (χ2n) is 8.97. The zero-order valence-corrected chi connectivity index (χ0v) is 21.3. The lowest BCUT2D eigenvalue weighted by Gasteiger charge is -2.35. The Bertz CT molecular complexity index is 1080. The van der Waals surface area contributed by atoms with Crippen LogP contribution in [0.4, 0.5) is 5.69 Å². The molecule has 2 heterocycles. The highest BCUT2D eigenvalue weighted by atomic mass is 16.5. The molecule has 2 aliphatic heterocycles. The predicted octanol–water partition coefficient (Wildman–Crippen LogP) is 3.10. The molecule has 0 spiro atoms. The van der Waals surface area contributed by atoms with Crippen molar-refractivity contribution >= 4 is 17.5 Å². The molecule has 0 unspecified atom stereocenters. The number of carbonyl (C=O) groups excluding carboxylic acids is 2. The van der Waals surface area contributed by atoms with Gasteiger partial charge in [-0.3, -0.25) is 14.5 Å². The molecule has 0 radical (unpaired) electrons. The van der Waals surface area contributed by atoms with Gasteiger partial charge in [0.2, 0.25) is 17.6 Å². The Morgan fingerprint density at radius 3 is 2.44 bits per heavy atom. The average Bonchev–Trinajstić information content (AvgIpc) is 2.91. The van der Waals surface area contributed by atoms with Crippen LogP contribution in [0.3, 0.4) is 0 Å². The number of aryl methyl sites for hydroxylation is 1. The van der Waals surface area contributed by atoms with Crippen molar-refractivity contribution in [2.45, 2.75) is 32.2 Å². The Hall–Kier alpha value is -3.46. The zero-order chi connectivity index (χ0) is 25.5. The SMILES string of the molecule is COc1ccc(CN2CCN(C(=O)CCCOc3ccc4c(c3)CCC(=O)N4)CC2)c(OC)c1OC. The van der Waals surface area contributed by atoms with Crippen LogP contribution in [0.5, 0.6) is 23.0 Å². The summed E-state index contributed by atoms with van der Waals surface area (Å²) in [4.78, 5) is 28.5. The lowest BCUT2D eigenvalue weighted by molar-refractivity contribution is -0.133. The van der Waals surface area contributed by atoms with E-state index in [4.69, 9.17) is 18.9 Å². The molecule has 0 saturated carbocycles. The number of nitrogens with zero attached hydrogens (tertiary/aromatic N) is 2. The van der Waals surface area contributed by atoms with E-state index in [9.17, 15) is 9.59 Å². The Morgan fingerprint density at radius 1 is 0.944 bits per heavy atom. The molecule has 0 aromatic heterocycles. The number of ether oxygens (including phenoxy) is 4. The van der Waals surface area contributed by atoms with E-state index < -0.39 is 0 Å². The second kappa shape index (κ2) is 12.0. The maximum absolute atomic E-state index is 12.7. The number of anilines is 1. The van der Waals surface area contributed by atoms with E-state index in [1.807, 2.05) is 35.2 Å². The van der Waals surface area contributed by atoms with Gasteiger partial charge in [0.1, 0.15) is 5.75 Å². The summed E-state index contributed by atoms with van der Waals surface area (Å²) in [7, 11) is 4.84. The van der Waals surface area contributed by atoms with Crippen LogP contribution in [0, 0.1) is 0 Å². The van der Waals surface area contributed by atoms with Crippen LogP contribution in [-0.2, 0) is 22.6 Å². The van der Waals surface area contributed by atoms with Gasteiger partial charge in [-0.15, -0.1) is 0 Å². The molecule has 1 saturated heterocycles. The molecule has 36 heavy (non-hydrogen) atoms. The molecule has 2 aromatic carbocycles. The molecule has 0 bridgehead atoms. The molecule has 1 N–H and O–H groups in total. The van der Waals surface area contributed by atoms with Crippen molar-refractivity contribution in [3.05, 3.63) is 41.5 Å². The number of nitrogens with one attached hydrogen (secondary N) is 1. The average molecular weight is 498 g/mol. The molecule has 2 amide bonds. The van der Waals surface area contributed by atoms with Crippen molar-refractivity contribution in [3.63, 3.8) is 0 Å². The number of carbonyl (C=O) groups is 2. The van der Waals surface area contributed by atoms with Gasteiger partial charge in [0.25, 0.3) is 0 Å². The normalized spacial score (nSPS) is 15.6. The maximum atomic E-state index is 12.7. The van der Waals surface area contributed by atoms with E-state index in [2.05, 4.69) is 10.2 Å². The minimum atomic E-state index is 0.0520. The van der Waals surface area contributed by atoms with Crippen molar-refractivity contribution < 1.29 is 28.5 Å². The quantitative estimate of drug-likeness (QED) is 0.505. The third-order valence-electron chi connectivity index (χ3n) is 6.68. The smallest absolute Gasteiger partial charge is 0.224 e. The van der Waals surface area contributed by atoms with Gasteiger partial charge in [-0.2, -0.15) is 0 Å². The van der Waals surface area contributed by atoms with E-state index in [0.717, 1.165) is 42.1 Å². The van der Waals surface area contributed by atoms with Crippen molar-refractivity contribution in [1.82, 2.24) is 9.80 Å². The first-order valence-electron chi connectivity index (χ1n) is 12.4. The van der Waals surface area contributed by atoms with Crippen molar-refractivity contribution in [2.75, 3.05) is 59.4 Å². The van der Waals surface area contributed by atoms with Crippen LogP contribution < -0.4 is 24.3 Å². The molecule has 9 nitrogen and oxygen atoms in total. The standard InChI is InChI=1S/C27H35N3O6/c1-33-23-10-6-20(26(34-2)27(23)35-3)18-29-12-14-30(15-13-29)25(32)5-4-16-36-21-8-9-22-19(17-21)7-11-24(31)28-22/h6,8-10,17H,4-5,7,11-16,18H2,1-3H3,(H,28,31). The number of benzene rings is 2. The number of fused-ring (bicyclic) bond motifs is 1. The molecular formula is C27H35N3O6. The first-order valence-corrected chi connectivity index (χ1v) is 12.4. The number of rotatable bonds is 10. The highest BCUT2D eigenvalue weighted by molar-refractivity contribution is 5.94. The van der Waals surface area contributed by atoms with Gasteiger partial charge in [-0.25, -0.2) is 0 Å². The molecule has 0 atom stereocenters. The summed E-state index contributed by atoms with van der Waals surface area (Å²) in [5.41, 5.74) is 2.97. The summed E-state index contributed by atoms with van der Waals surface area (Å²) in [5.74, 6) is 2.90. The molecular weight excluding hydrogens is 462 g/mol. The number of hydrogen-bond donors (Lipinski definition) is 1. The molecule has 194 valence electrons. The van der Waals surface area contributed by atoms with Gasteiger partial charge in [0, 0.05) is 56.8 Å². The van der Waals surface area contributed by atoms with E-state index in [1.165, 1.54) is 0 Å². The van der Waals surface area contributed by atoms with Crippen LogP contribution in [0.1, 0.15) is 30.4 Å². The largest absolute Gasteiger partial charge is 0.494 e. The van der Waals surface area contributed by atoms with E-state index in [1.54, 1.807) is 21.3 Å². The van der Waals surface area contributed by atoms with Crippen molar-refractivity contribution in [2.24, 2.45) is 0 Å². The fourth-order valence-corrected chi connectivity index (χ4v) is 4.71. The van der Waals surface area contributed by atoms with Crippen LogP contribution in [0.15, 0.2) is 30.3 Å². The summed E-state index contributed by atoms with van der Waals surface area (Å²) in [6.45, 7) is 4.19. The van der Waals surface area contributed by atoms with Crippen LogP contribution in [0.2, 0.25) is 0 Å². The Kier molecular flexibility index (Phi) is 8.53. The van der Waals surface area contributed by atoms with E-state index in [-0.39, 0.29) is 11.8 Å². The number of amides is 2. The van der Waals surface area contributed by atoms with Crippen molar-refractivity contribution in [1.29, 1.82) is 0 Å². The first kappa shape index (κ1) is 25.6. The minimum absolute atomic E-state index is 0.0520. The summed E-state index contributed by atoms with van der Waals surface area (Å²) in [6.07, 6.45) is 2.35. The van der Waals surface area contributed by atoms with Gasteiger partial charge in [0.05, 0.1) is 27.9 Å². The lowest BCUT2D eigenvalue weighted by Crippen LogP contribution is -2.48. The Morgan fingerprint density at radius 2 is 1.72 bits per heavy atom. The topological polar surface area (TPSA) is 89.6 Å². The third kappa shape index (κ3) is 6.02. The Labute approximate surface area is 212 Å². The monoisotopic (exact) mass is 497 g/mol. The third-order valence-corrected chi connectivity index (χ3v) is 6.68. The lowest BCUT2D eigenvalue weighted by atomic mass is 10.0. The minimum Gasteiger partial charge on any atom is -0.494 e. The van der Waals surface area contributed by atoms with Crippen LogP contribution in [0.25, 0.3) is 0 Å². The highest BCUT2D eigenvalue weighted by Crippen LogP contribution is 2.40. The molecule has 4 rings (SSSR count).